The van der Waals surface area contributed by atoms with Gasteiger partial charge in [0.2, 0.25) is 11.7 Å². The van der Waals surface area contributed by atoms with Gasteiger partial charge in [-0.25, -0.2) is 4.79 Å². The van der Waals surface area contributed by atoms with Gasteiger partial charge in [-0.2, -0.15) is 4.98 Å². The van der Waals surface area contributed by atoms with Crippen LogP contribution in [0.2, 0.25) is 0 Å². The van der Waals surface area contributed by atoms with Crippen molar-refractivity contribution in [1.82, 2.24) is 15.0 Å². The number of β-amino-alcohol motifs (C(OH)–C–C–N with tert-alkyl or cyclic N) is 1. The third-order valence-electron chi connectivity index (χ3n) is 5.28. The van der Waals surface area contributed by atoms with Crippen LogP contribution in [0.25, 0.3) is 11.4 Å². The number of unbranched alkanes of at least 4 members (excludes halogenated alkanes) is 5. The number of carboxylic acid groups (broad SMARTS) is 1. The zero-order valence-electron chi connectivity index (χ0n) is 16.4. The number of rotatable bonds is 9. The lowest BCUT2D eigenvalue weighted by molar-refractivity contribution is 0.125. The van der Waals surface area contributed by atoms with E-state index in [9.17, 15) is 15.0 Å². The largest absolute Gasteiger partial charge is 0.465 e. The van der Waals surface area contributed by atoms with Crippen LogP contribution in [0.1, 0.15) is 69.4 Å². The Hall–Kier alpha value is -2.41. The molecule has 3 rings (SSSR count). The van der Waals surface area contributed by atoms with Gasteiger partial charge in [0.15, 0.2) is 0 Å². The van der Waals surface area contributed by atoms with Gasteiger partial charge in [-0.3, -0.25) is 4.90 Å². The molecule has 0 radical (unpaired) electrons. The summed E-state index contributed by atoms with van der Waals surface area (Å²) in [6.07, 6.45) is 7.22. The maximum Gasteiger partial charge on any atom is 0.408 e. The van der Waals surface area contributed by atoms with Crippen LogP contribution in [0.3, 0.4) is 0 Å². The number of hydrogen-bond donors (Lipinski definition) is 2. The van der Waals surface area contributed by atoms with E-state index >= 15 is 0 Å². The standard InChI is InChI=1S/C21H29N3O4/c1-2-3-4-5-6-7-8-15-9-11-16(12-10-15)19-22-20(28-23-19)18-13-17(25)14-24(18)21(26)27/h9-12,17-18,25H,2-8,13-14H2,1H3,(H,26,27). The van der Waals surface area contributed by atoms with Gasteiger partial charge in [0.1, 0.15) is 6.04 Å². The van der Waals surface area contributed by atoms with Crippen LogP contribution < -0.4 is 0 Å². The molecule has 7 nitrogen and oxygen atoms in total. The molecule has 0 aliphatic carbocycles. The summed E-state index contributed by atoms with van der Waals surface area (Å²) in [5.41, 5.74) is 2.13. The molecule has 1 aliphatic heterocycles. The zero-order chi connectivity index (χ0) is 19.9. The molecule has 1 fully saturated rings. The average molecular weight is 387 g/mol. The van der Waals surface area contributed by atoms with E-state index in [1.165, 1.54) is 44.1 Å². The van der Waals surface area contributed by atoms with Crippen molar-refractivity contribution in [1.29, 1.82) is 0 Å². The van der Waals surface area contributed by atoms with Crippen LogP contribution in [0.4, 0.5) is 4.79 Å². The summed E-state index contributed by atoms with van der Waals surface area (Å²) in [4.78, 5) is 16.8. The molecule has 1 aliphatic rings. The van der Waals surface area contributed by atoms with Gasteiger partial charge in [0, 0.05) is 12.0 Å². The summed E-state index contributed by atoms with van der Waals surface area (Å²) in [5, 5.41) is 23.0. The van der Waals surface area contributed by atoms with Gasteiger partial charge in [-0.05, 0) is 18.4 Å². The predicted molar refractivity (Wildman–Crippen MR) is 105 cm³/mol. The van der Waals surface area contributed by atoms with E-state index in [0.29, 0.717) is 5.82 Å². The van der Waals surface area contributed by atoms with E-state index in [0.717, 1.165) is 16.9 Å². The number of amides is 1. The molecular formula is C21H29N3O4. The number of aromatic nitrogens is 2. The number of aryl methyl sites for hydroxylation is 1. The first kappa shape index (κ1) is 20.3. The Morgan fingerprint density at radius 2 is 1.89 bits per heavy atom. The van der Waals surface area contributed by atoms with Crippen LogP contribution in [0.5, 0.6) is 0 Å². The molecular weight excluding hydrogens is 358 g/mol. The Kier molecular flexibility index (Phi) is 7.03. The van der Waals surface area contributed by atoms with Gasteiger partial charge in [-0.15, -0.1) is 0 Å². The Morgan fingerprint density at radius 1 is 1.18 bits per heavy atom. The Morgan fingerprint density at radius 3 is 2.61 bits per heavy atom. The zero-order valence-corrected chi connectivity index (χ0v) is 16.4. The summed E-state index contributed by atoms with van der Waals surface area (Å²) in [5.74, 6) is 0.665. The van der Waals surface area contributed by atoms with Crippen LogP contribution in [-0.4, -0.2) is 44.0 Å². The lowest BCUT2D eigenvalue weighted by Crippen LogP contribution is -2.30. The topological polar surface area (TPSA) is 99.7 Å². The molecule has 2 aromatic rings. The van der Waals surface area contributed by atoms with Gasteiger partial charge >= 0.3 is 6.09 Å². The molecule has 1 aromatic heterocycles. The second-order valence-corrected chi connectivity index (χ2v) is 7.51. The number of aliphatic hydroxyl groups is 1. The van der Waals surface area contributed by atoms with E-state index in [-0.39, 0.29) is 18.9 Å². The summed E-state index contributed by atoms with van der Waals surface area (Å²) < 4.78 is 5.30. The molecule has 152 valence electrons. The third-order valence-corrected chi connectivity index (χ3v) is 5.28. The van der Waals surface area contributed by atoms with Crippen molar-refractivity contribution in [2.75, 3.05) is 6.54 Å². The second-order valence-electron chi connectivity index (χ2n) is 7.51. The number of hydrogen-bond acceptors (Lipinski definition) is 5. The summed E-state index contributed by atoms with van der Waals surface area (Å²) in [6, 6.07) is 7.51. The van der Waals surface area contributed by atoms with E-state index in [1.54, 1.807) is 0 Å². The fourth-order valence-corrected chi connectivity index (χ4v) is 3.68. The molecule has 2 atom stereocenters. The first-order valence-corrected chi connectivity index (χ1v) is 10.2. The maximum atomic E-state index is 11.3. The number of nitrogens with zero attached hydrogens (tertiary/aromatic N) is 3. The molecule has 1 aromatic carbocycles. The smallest absolute Gasteiger partial charge is 0.408 e. The first-order valence-electron chi connectivity index (χ1n) is 10.2. The van der Waals surface area contributed by atoms with E-state index in [2.05, 4.69) is 29.2 Å². The SMILES string of the molecule is CCCCCCCCc1ccc(-c2noc(C3CC(O)CN3C(=O)O)n2)cc1. The highest BCUT2D eigenvalue weighted by Gasteiger charge is 2.38. The van der Waals surface area contributed by atoms with Crippen LogP contribution in [-0.2, 0) is 6.42 Å². The van der Waals surface area contributed by atoms with E-state index in [1.807, 2.05) is 12.1 Å². The molecule has 1 amide bonds. The number of benzene rings is 1. The first-order chi connectivity index (χ1) is 13.6. The monoisotopic (exact) mass is 387 g/mol. The van der Waals surface area contributed by atoms with Gasteiger partial charge in [0.05, 0.1) is 12.6 Å². The minimum atomic E-state index is -1.10. The average Bonchev–Trinajstić information content (AvgIpc) is 3.32. The molecule has 2 N–H and O–H groups in total. The molecule has 0 saturated carbocycles. The molecule has 2 unspecified atom stereocenters. The van der Waals surface area contributed by atoms with E-state index < -0.39 is 18.2 Å². The third kappa shape index (κ3) is 5.10. The van der Waals surface area contributed by atoms with Gasteiger partial charge < -0.3 is 14.7 Å². The van der Waals surface area contributed by atoms with Crippen LogP contribution in [0.15, 0.2) is 28.8 Å². The molecule has 28 heavy (non-hydrogen) atoms. The van der Waals surface area contributed by atoms with Crippen molar-refractivity contribution in [3.8, 4) is 11.4 Å². The Labute approximate surface area is 165 Å². The fraction of sp³-hybridized carbons (Fsp3) is 0.571. The minimum absolute atomic E-state index is 0.0604. The van der Waals surface area contributed by atoms with Crippen LogP contribution >= 0.6 is 0 Å². The van der Waals surface area contributed by atoms with E-state index in [4.69, 9.17) is 4.52 Å². The van der Waals surface area contributed by atoms with Crippen molar-refractivity contribution in [3.05, 3.63) is 35.7 Å². The number of aliphatic hydroxyl groups excluding tert-OH is 1. The Balaban J connectivity index is 1.57. The lowest BCUT2D eigenvalue weighted by atomic mass is 10.0. The quantitative estimate of drug-likeness (QED) is 0.618. The number of likely N-dealkylation sites (tertiary alicyclic amines) is 1. The molecule has 2 heterocycles. The Bertz CT molecular complexity index is 759. The van der Waals surface area contributed by atoms with Crippen molar-refractivity contribution < 1.29 is 19.5 Å². The van der Waals surface area contributed by atoms with Gasteiger partial charge in [0.25, 0.3) is 0 Å². The van der Waals surface area contributed by atoms with Crippen molar-refractivity contribution in [3.63, 3.8) is 0 Å². The highest BCUT2D eigenvalue weighted by molar-refractivity contribution is 5.66. The molecule has 1 saturated heterocycles. The molecule has 0 bridgehead atoms. The highest BCUT2D eigenvalue weighted by atomic mass is 16.5. The maximum absolute atomic E-state index is 11.3. The van der Waals surface area contributed by atoms with Crippen molar-refractivity contribution in [2.24, 2.45) is 0 Å². The van der Waals surface area contributed by atoms with Crippen molar-refractivity contribution >= 4 is 6.09 Å². The summed E-state index contributed by atoms with van der Waals surface area (Å²) >= 11 is 0. The summed E-state index contributed by atoms with van der Waals surface area (Å²) in [6.45, 7) is 2.29. The van der Waals surface area contributed by atoms with Crippen molar-refractivity contribution in [2.45, 2.75) is 70.4 Å². The lowest BCUT2D eigenvalue weighted by Gasteiger charge is -2.16. The minimum Gasteiger partial charge on any atom is -0.465 e. The normalized spacial score (nSPS) is 19.3. The predicted octanol–water partition coefficient (Wildman–Crippen LogP) is 4.43. The van der Waals surface area contributed by atoms with Gasteiger partial charge in [-0.1, -0.05) is 68.4 Å². The van der Waals surface area contributed by atoms with Crippen LogP contribution in [0, 0.1) is 0 Å². The second kappa shape index (κ2) is 9.68. The fourth-order valence-electron chi connectivity index (χ4n) is 3.68. The highest BCUT2D eigenvalue weighted by Crippen LogP contribution is 2.32. The molecule has 0 spiro atoms. The summed E-state index contributed by atoms with van der Waals surface area (Å²) in [7, 11) is 0. The molecule has 7 heteroatoms. The number of carbonyl (C=O) groups is 1.